The Morgan fingerprint density at radius 2 is 1.85 bits per heavy atom. The van der Waals surface area contributed by atoms with Gasteiger partial charge in [-0.1, -0.05) is 36.5 Å². The molecule has 2 nitrogen and oxygen atoms in total. The van der Waals surface area contributed by atoms with Gasteiger partial charge in [-0.2, -0.15) is 0 Å². The molecular formula is C11H12N2. The minimum Gasteiger partial charge on any atom is -0.400 e. The summed E-state index contributed by atoms with van der Waals surface area (Å²) >= 11 is 0. The minimum atomic E-state index is -0.160. The van der Waals surface area contributed by atoms with Crippen molar-refractivity contribution in [2.24, 2.45) is 11.5 Å². The third kappa shape index (κ3) is 1.36. The lowest BCUT2D eigenvalue weighted by Gasteiger charge is -2.20. The molecule has 0 spiro atoms. The number of allylic oxidation sites excluding steroid dienone is 7. The fraction of sp³-hybridized carbons (Fsp3) is 0.0909. The maximum atomic E-state index is 5.93. The highest BCUT2D eigenvalue weighted by atomic mass is 14.7. The monoisotopic (exact) mass is 172 g/mol. The van der Waals surface area contributed by atoms with Crippen LogP contribution in [0.4, 0.5) is 0 Å². The van der Waals surface area contributed by atoms with Crippen molar-refractivity contribution in [2.45, 2.75) is 6.04 Å². The van der Waals surface area contributed by atoms with Crippen LogP contribution in [-0.2, 0) is 0 Å². The van der Waals surface area contributed by atoms with Crippen LogP contribution in [0.2, 0.25) is 0 Å². The first kappa shape index (κ1) is 8.08. The average molecular weight is 172 g/mol. The van der Waals surface area contributed by atoms with Crippen molar-refractivity contribution < 1.29 is 0 Å². The van der Waals surface area contributed by atoms with Crippen LogP contribution in [0.15, 0.2) is 59.4 Å². The Balaban J connectivity index is 2.49. The predicted molar refractivity (Wildman–Crippen MR) is 54.7 cm³/mol. The molecule has 2 rings (SSSR count). The van der Waals surface area contributed by atoms with E-state index in [1.807, 2.05) is 42.5 Å². The van der Waals surface area contributed by atoms with E-state index in [1.165, 1.54) is 0 Å². The Hall–Kier alpha value is -1.54. The lowest BCUT2D eigenvalue weighted by Crippen LogP contribution is -2.31. The Morgan fingerprint density at radius 1 is 1.00 bits per heavy atom. The summed E-state index contributed by atoms with van der Waals surface area (Å²) in [4.78, 5) is 0. The van der Waals surface area contributed by atoms with E-state index in [0.29, 0.717) is 0 Å². The van der Waals surface area contributed by atoms with Crippen molar-refractivity contribution in [2.75, 3.05) is 0 Å². The number of nitrogens with two attached hydrogens (primary N) is 2. The number of hydrogen-bond donors (Lipinski definition) is 2. The molecule has 0 saturated carbocycles. The second-order valence-electron chi connectivity index (χ2n) is 3.13. The standard InChI is InChI=1S/C11H12N2/c12-10-7-6-8-4-2-1-3-5-9(8)11(10)13/h1-7,11H,12-13H2. The van der Waals surface area contributed by atoms with Gasteiger partial charge in [-0.3, -0.25) is 0 Å². The van der Waals surface area contributed by atoms with Crippen LogP contribution in [0.1, 0.15) is 0 Å². The first-order valence-corrected chi connectivity index (χ1v) is 4.27. The van der Waals surface area contributed by atoms with Gasteiger partial charge in [0.1, 0.15) is 0 Å². The van der Waals surface area contributed by atoms with Crippen LogP contribution >= 0.6 is 0 Å². The molecule has 2 aliphatic rings. The van der Waals surface area contributed by atoms with Crippen molar-refractivity contribution in [1.29, 1.82) is 0 Å². The SMILES string of the molecule is NC1=CC=C2C=CC=CC=C2C1N. The van der Waals surface area contributed by atoms with Crippen molar-refractivity contribution in [1.82, 2.24) is 0 Å². The summed E-state index contributed by atoms with van der Waals surface area (Å²) in [5.41, 5.74) is 14.6. The lowest BCUT2D eigenvalue weighted by atomic mass is 9.92. The van der Waals surface area contributed by atoms with Gasteiger partial charge >= 0.3 is 0 Å². The summed E-state index contributed by atoms with van der Waals surface area (Å²) in [6.45, 7) is 0. The third-order valence-electron chi connectivity index (χ3n) is 2.26. The molecule has 0 aromatic heterocycles. The fourth-order valence-corrected chi connectivity index (χ4v) is 1.48. The Bertz CT molecular complexity index is 368. The highest BCUT2D eigenvalue weighted by Gasteiger charge is 2.17. The van der Waals surface area contributed by atoms with Crippen LogP contribution in [-0.4, -0.2) is 6.04 Å². The van der Waals surface area contributed by atoms with E-state index < -0.39 is 0 Å². The maximum Gasteiger partial charge on any atom is 0.0704 e. The molecule has 0 heterocycles. The smallest absolute Gasteiger partial charge is 0.0704 e. The van der Waals surface area contributed by atoms with Crippen LogP contribution in [0.3, 0.4) is 0 Å². The molecule has 0 saturated heterocycles. The number of fused-ring (bicyclic) bond motifs is 1. The first-order chi connectivity index (χ1) is 6.29. The molecule has 0 aliphatic heterocycles. The summed E-state index contributed by atoms with van der Waals surface area (Å²) in [5.74, 6) is 0. The maximum absolute atomic E-state index is 5.93. The molecule has 1 unspecified atom stereocenters. The molecule has 1 atom stereocenters. The summed E-state index contributed by atoms with van der Waals surface area (Å²) in [5, 5.41) is 0. The molecule has 13 heavy (non-hydrogen) atoms. The molecule has 2 heteroatoms. The largest absolute Gasteiger partial charge is 0.400 e. The second kappa shape index (κ2) is 3.07. The van der Waals surface area contributed by atoms with Gasteiger partial charge in [0.25, 0.3) is 0 Å². The van der Waals surface area contributed by atoms with Crippen molar-refractivity contribution >= 4 is 0 Å². The van der Waals surface area contributed by atoms with E-state index in [-0.39, 0.29) is 6.04 Å². The van der Waals surface area contributed by atoms with Gasteiger partial charge in [-0.05, 0) is 17.2 Å². The fourth-order valence-electron chi connectivity index (χ4n) is 1.48. The first-order valence-electron chi connectivity index (χ1n) is 4.27. The van der Waals surface area contributed by atoms with Gasteiger partial charge in [-0.15, -0.1) is 0 Å². The van der Waals surface area contributed by atoms with Crippen molar-refractivity contribution in [3.8, 4) is 0 Å². The van der Waals surface area contributed by atoms with Gasteiger partial charge < -0.3 is 11.5 Å². The third-order valence-corrected chi connectivity index (χ3v) is 2.26. The van der Waals surface area contributed by atoms with Crippen LogP contribution in [0.5, 0.6) is 0 Å². The van der Waals surface area contributed by atoms with Crippen LogP contribution in [0, 0.1) is 0 Å². The van der Waals surface area contributed by atoms with E-state index >= 15 is 0 Å². The normalized spacial score (nSPS) is 25.6. The molecular weight excluding hydrogens is 160 g/mol. The molecule has 0 fully saturated rings. The summed E-state index contributed by atoms with van der Waals surface area (Å²) in [6.07, 6.45) is 13.9. The predicted octanol–water partition coefficient (Wildman–Crippen LogP) is 1.15. The van der Waals surface area contributed by atoms with Gasteiger partial charge in [-0.25, -0.2) is 0 Å². The van der Waals surface area contributed by atoms with Gasteiger partial charge in [0, 0.05) is 5.70 Å². The Kier molecular flexibility index (Phi) is 1.91. The molecule has 4 N–H and O–H groups in total. The molecule has 0 amide bonds. The molecule has 2 aliphatic carbocycles. The van der Waals surface area contributed by atoms with E-state index in [4.69, 9.17) is 11.5 Å². The molecule has 0 aromatic carbocycles. The van der Waals surface area contributed by atoms with E-state index in [1.54, 1.807) is 0 Å². The summed E-state index contributed by atoms with van der Waals surface area (Å²) in [7, 11) is 0. The van der Waals surface area contributed by atoms with E-state index in [0.717, 1.165) is 16.8 Å². The Labute approximate surface area is 77.6 Å². The van der Waals surface area contributed by atoms with Crippen molar-refractivity contribution in [3.63, 3.8) is 0 Å². The average Bonchev–Trinajstić information content (AvgIpc) is 2.36. The van der Waals surface area contributed by atoms with Gasteiger partial charge in [0.15, 0.2) is 0 Å². The highest BCUT2D eigenvalue weighted by molar-refractivity contribution is 5.54. The highest BCUT2D eigenvalue weighted by Crippen LogP contribution is 2.23. The zero-order chi connectivity index (χ0) is 9.26. The minimum absolute atomic E-state index is 0.160. The molecule has 0 bridgehead atoms. The van der Waals surface area contributed by atoms with Gasteiger partial charge in [0.2, 0.25) is 0 Å². The Morgan fingerprint density at radius 3 is 2.69 bits per heavy atom. The molecule has 0 radical (unpaired) electrons. The van der Waals surface area contributed by atoms with Crippen LogP contribution in [0.25, 0.3) is 0 Å². The van der Waals surface area contributed by atoms with E-state index in [9.17, 15) is 0 Å². The molecule has 66 valence electrons. The van der Waals surface area contributed by atoms with Crippen LogP contribution < -0.4 is 11.5 Å². The summed E-state index contributed by atoms with van der Waals surface area (Å²) in [6, 6.07) is -0.160. The number of hydrogen-bond acceptors (Lipinski definition) is 2. The lowest BCUT2D eigenvalue weighted by molar-refractivity contribution is 0.875. The number of rotatable bonds is 0. The van der Waals surface area contributed by atoms with Gasteiger partial charge in [0.05, 0.1) is 6.04 Å². The van der Waals surface area contributed by atoms with E-state index in [2.05, 4.69) is 0 Å². The van der Waals surface area contributed by atoms with Crippen molar-refractivity contribution in [3.05, 3.63) is 59.4 Å². The molecule has 0 aromatic rings. The topological polar surface area (TPSA) is 52.0 Å². The summed E-state index contributed by atoms with van der Waals surface area (Å²) < 4.78 is 0. The zero-order valence-corrected chi connectivity index (χ0v) is 7.27. The zero-order valence-electron chi connectivity index (χ0n) is 7.27. The second-order valence-corrected chi connectivity index (χ2v) is 3.13. The quantitative estimate of drug-likeness (QED) is 0.576.